The Morgan fingerprint density at radius 1 is 1.10 bits per heavy atom. The van der Waals surface area contributed by atoms with E-state index in [1.165, 1.54) is 0 Å². The quantitative estimate of drug-likeness (QED) is 0.618. The molecule has 6 nitrogen and oxygen atoms in total. The third kappa shape index (κ3) is 3.57. The smallest absolute Gasteiger partial charge is 0.190 e. The molecule has 6 heteroatoms. The summed E-state index contributed by atoms with van der Waals surface area (Å²) in [5.74, 6) is -0.683. The van der Waals surface area contributed by atoms with Crippen LogP contribution in [-0.4, -0.2) is 58.4 Å². The molecule has 2 aliphatic heterocycles. The van der Waals surface area contributed by atoms with E-state index in [1.54, 1.807) is 0 Å². The van der Waals surface area contributed by atoms with Crippen molar-refractivity contribution in [3.05, 3.63) is 0 Å². The van der Waals surface area contributed by atoms with Gasteiger partial charge in [-0.1, -0.05) is 26.7 Å². The molecular weight excluding hydrogens is 276 g/mol. The Kier molecular flexibility index (Phi) is 5.99. The Morgan fingerprint density at radius 2 is 1.71 bits per heavy atom. The summed E-state index contributed by atoms with van der Waals surface area (Å²) in [4.78, 5) is 0. The van der Waals surface area contributed by atoms with Crippen LogP contribution in [-0.2, 0) is 14.2 Å². The standard InChI is InChI=1S/C15H28O6/c1-3-5-7-15(8-6-4-2)20-13-11(18)12(10(17)9-16)19-14(13)21-15/h10-14,16-18H,3-9H2,1-2H3/t10-,11+,12-,13-,14-/m1/s1. The summed E-state index contributed by atoms with van der Waals surface area (Å²) in [5, 5.41) is 28.9. The first-order valence-electron chi connectivity index (χ1n) is 8.05. The van der Waals surface area contributed by atoms with Crippen LogP contribution >= 0.6 is 0 Å². The molecule has 0 aromatic heterocycles. The SMILES string of the molecule is CCCCC1(CCCC)O[C@H]2O[C@H]([C@H](O)CO)[C@H](O)[C@H]2O1. The average molecular weight is 304 g/mol. The first-order valence-corrected chi connectivity index (χ1v) is 8.05. The number of hydrogen-bond donors (Lipinski definition) is 3. The van der Waals surface area contributed by atoms with Gasteiger partial charge in [-0.3, -0.25) is 0 Å². The molecule has 0 unspecified atom stereocenters. The molecule has 0 bridgehead atoms. The molecule has 0 spiro atoms. The molecule has 2 saturated heterocycles. The molecule has 0 saturated carbocycles. The highest BCUT2D eigenvalue weighted by molar-refractivity contribution is 4.97. The number of unbranched alkanes of at least 4 members (excludes halogenated alkanes) is 2. The molecule has 2 aliphatic rings. The van der Waals surface area contributed by atoms with Crippen molar-refractivity contribution in [1.82, 2.24) is 0 Å². The molecule has 2 rings (SSSR count). The van der Waals surface area contributed by atoms with Crippen LogP contribution in [0.25, 0.3) is 0 Å². The van der Waals surface area contributed by atoms with E-state index in [1.807, 2.05) is 0 Å². The van der Waals surface area contributed by atoms with E-state index in [9.17, 15) is 10.2 Å². The lowest BCUT2D eigenvalue weighted by Gasteiger charge is -2.31. The molecule has 124 valence electrons. The Balaban J connectivity index is 2.01. The first-order chi connectivity index (χ1) is 10.1. The molecule has 0 aromatic rings. The number of aliphatic hydroxyl groups excluding tert-OH is 3. The number of aliphatic hydroxyl groups is 3. The van der Waals surface area contributed by atoms with Crippen molar-refractivity contribution in [3.8, 4) is 0 Å². The Morgan fingerprint density at radius 3 is 2.19 bits per heavy atom. The molecule has 0 amide bonds. The van der Waals surface area contributed by atoms with E-state index < -0.39 is 43.1 Å². The zero-order valence-corrected chi connectivity index (χ0v) is 12.9. The van der Waals surface area contributed by atoms with Crippen LogP contribution in [0, 0.1) is 0 Å². The minimum Gasteiger partial charge on any atom is -0.394 e. The molecule has 0 aliphatic carbocycles. The highest BCUT2D eigenvalue weighted by Crippen LogP contribution is 2.43. The van der Waals surface area contributed by atoms with Gasteiger partial charge in [0.1, 0.15) is 24.4 Å². The van der Waals surface area contributed by atoms with Gasteiger partial charge in [-0.2, -0.15) is 0 Å². The predicted molar refractivity (Wildman–Crippen MR) is 75.5 cm³/mol. The van der Waals surface area contributed by atoms with E-state index in [4.69, 9.17) is 19.3 Å². The summed E-state index contributed by atoms with van der Waals surface area (Å²) in [7, 11) is 0. The van der Waals surface area contributed by atoms with Crippen molar-refractivity contribution in [2.75, 3.05) is 6.61 Å². The highest BCUT2D eigenvalue weighted by atomic mass is 16.8. The summed E-state index contributed by atoms with van der Waals surface area (Å²) < 4.78 is 17.6. The van der Waals surface area contributed by atoms with Gasteiger partial charge in [-0.05, 0) is 12.8 Å². The lowest BCUT2D eigenvalue weighted by Crippen LogP contribution is -2.43. The lowest BCUT2D eigenvalue weighted by atomic mass is 10.0. The molecule has 0 radical (unpaired) electrons. The molecule has 2 fully saturated rings. The van der Waals surface area contributed by atoms with E-state index in [2.05, 4.69) is 13.8 Å². The van der Waals surface area contributed by atoms with Gasteiger partial charge in [0, 0.05) is 12.8 Å². The van der Waals surface area contributed by atoms with Crippen molar-refractivity contribution in [3.63, 3.8) is 0 Å². The van der Waals surface area contributed by atoms with Crippen LogP contribution in [0.15, 0.2) is 0 Å². The number of hydrogen-bond acceptors (Lipinski definition) is 6. The molecule has 0 aromatic carbocycles. The highest BCUT2D eigenvalue weighted by Gasteiger charge is 2.58. The topological polar surface area (TPSA) is 88.4 Å². The van der Waals surface area contributed by atoms with E-state index in [0.717, 1.165) is 38.5 Å². The van der Waals surface area contributed by atoms with Gasteiger partial charge >= 0.3 is 0 Å². The van der Waals surface area contributed by atoms with Gasteiger partial charge in [-0.25, -0.2) is 0 Å². The monoisotopic (exact) mass is 304 g/mol. The maximum Gasteiger partial charge on any atom is 0.190 e. The third-order valence-corrected chi connectivity index (χ3v) is 4.30. The number of fused-ring (bicyclic) bond motifs is 1. The van der Waals surface area contributed by atoms with Crippen molar-refractivity contribution < 1.29 is 29.5 Å². The van der Waals surface area contributed by atoms with E-state index in [-0.39, 0.29) is 0 Å². The summed E-state index contributed by atoms with van der Waals surface area (Å²) in [5.41, 5.74) is 0. The van der Waals surface area contributed by atoms with Gasteiger partial charge in [0.2, 0.25) is 0 Å². The molecule has 3 N–H and O–H groups in total. The van der Waals surface area contributed by atoms with Gasteiger partial charge in [-0.15, -0.1) is 0 Å². The minimum absolute atomic E-state index is 0.460. The minimum atomic E-state index is -1.13. The fourth-order valence-electron chi connectivity index (χ4n) is 3.04. The second-order valence-corrected chi connectivity index (χ2v) is 6.03. The van der Waals surface area contributed by atoms with Crippen LogP contribution in [0.3, 0.4) is 0 Å². The Hall–Kier alpha value is -0.240. The zero-order valence-electron chi connectivity index (χ0n) is 12.9. The van der Waals surface area contributed by atoms with Crippen molar-refractivity contribution in [2.45, 2.75) is 88.9 Å². The van der Waals surface area contributed by atoms with Crippen LogP contribution < -0.4 is 0 Å². The van der Waals surface area contributed by atoms with Crippen molar-refractivity contribution in [1.29, 1.82) is 0 Å². The normalized spacial score (nSPS) is 35.9. The first kappa shape index (κ1) is 17.1. The Bertz CT molecular complexity index is 315. The molecule has 2 heterocycles. The van der Waals surface area contributed by atoms with Crippen LogP contribution in [0.1, 0.15) is 52.4 Å². The third-order valence-electron chi connectivity index (χ3n) is 4.30. The second-order valence-electron chi connectivity index (χ2n) is 6.03. The predicted octanol–water partition coefficient (Wildman–Crippen LogP) is 0.917. The van der Waals surface area contributed by atoms with Crippen molar-refractivity contribution >= 4 is 0 Å². The fraction of sp³-hybridized carbons (Fsp3) is 1.00. The van der Waals surface area contributed by atoms with Gasteiger partial charge in [0.15, 0.2) is 12.1 Å². The number of rotatable bonds is 8. The summed E-state index contributed by atoms with van der Waals surface area (Å²) in [6.45, 7) is 3.77. The molecular formula is C15H28O6. The lowest BCUT2D eigenvalue weighted by molar-refractivity contribution is -0.249. The van der Waals surface area contributed by atoms with Gasteiger partial charge in [0.05, 0.1) is 6.61 Å². The van der Waals surface area contributed by atoms with Gasteiger partial charge < -0.3 is 29.5 Å². The van der Waals surface area contributed by atoms with Crippen molar-refractivity contribution in [2.24, 2.45) is 0 Å². The summed E-state index contributed by atoms with van der Waals surface area (Å²) >= 11 is 0. The molecule has 5 atom stereocenters. The maximum atomic E-state index is 10.2. The van der Waals surface area contributed by atoms with Crippen LogP contribution in [0.5, 0.6) is 0 Å². The average Bonchev–Trinajstić information content (AvgIpc) is 2.99. The largest absolute Gasteiger partial charge is 0.394 e. The second kappa shape index (κ2) is 7.35. The number of ether oxygens (including phenoxy) is 3. The zero-order chi connectivity index (χ0) is 15.5. The summed E-state index contributed by atoms with van der Waals surface area (Å²) in [6.07, 6.45) is 1.39. The molecule has 21 heavy (non-hydrogen) atoms. The van der Waals surface area contributed by atoms with Crippen LogP contribution in [0.2, 0.25) is 0 Å². The maximum absolute atomic E-state index is 10.2. The van der Waals surface area contributed by atoms with E-state index in [0.29, 0.717) is 0 Å². The Labute approximate surface area is 126 Å². The fourth-order valence-corrected chi connectivity index (χ4v) is 3.04. The summed E-state index contributed by atoms with van der Waals surface area (Å²) in [6, 6.07) is 0. The van der Waals surface area contributed by atoms with Crippen LogP contribution in [0.4, 0.5) is 0 Å². The van der Waals surface area contributed by atoms with E-state index >= 15 is 0 Å². The van der Waals surface area contributed by atoms with Gasteiger partial charge in [0.25, 0.3) is 0 Å².